The molecule has 1 atom stereocenters. The van der Waals surface area contributed by atoms with E-state index in [2.05, 4.69) is 5.32 Å². The van der Waals surface area contributed by atoms with Crippen molar-refractivity contribution in [1.82, 2.24) is 4.90 Å². The third-order valence-electron chi connectivity index (χ3n) is 5.08. The molecular weight excluding hydrogens is 396 g/mol. The number of benzene rings is 2. The first kappa shape index (κ1) is 22.5. The summed E-state index contributed by atoms with van der Waals surface area (Å²) in [6.07, 6.45) is 1.77. The van der Waals surface area contributed by atoms with Crippen LogP contribution in [0.4, 0.5) is 5.69 Å². The number of anilines is 1. The van der Waals surface area contributed by atoms with E-state index in [-0.39, 0.29) is 24.3 Å². The van der Waals surface area contributed by atoms with Gasteiger partial charge in [0.1, 0.15) is 12.6 Å². The maximum Gasteiger partial charge on any atom is 0.338 e. The zero-order chi connectivity index (χ0) is 22.1. The number of esters is 2. The molecule has 0 unspecified atom stereocenters. The number of cyclic esters (lactones) is 1. The molecule has 0 aliphatic carbocycles. The van der Waals surface area contributed by atoms with Gasteiger partial charge in [-0.25, -0.2) is 4.79 Å². The molecule has 1 heterocycles. The summed E-state index contributed by atoms with van der Waals surface area (Å²) in [4.78, 5) is 38.8. The number of ether oxygens (including phenoxy) is 2. The highest BCUT2D eigenvalue weighted by Gasteiger charge is 2.33. The number of morpholine rings is 1. The SMILES string of the molecule is CCCCOC(=O)c1ccc(NC(=O)C[C@H]2C(=O)OCCN2Cc2ccccc2)cc1. The van der Waals surface area contributed by atoms with Gasteiger partial charge in [-0.3, -0.25) is 14.5 Å². The maximum atomic E-state index is 12.6. The molecule has 1 aliphatic heterocycles. The number of hydrogen-bond acceptors (Lipinski definition) is 6. The Hall–Kier alpha value is -3.19. The summed E-state index contributed by atoms with van der Waals surface area (Å²) in [6.45, 7) is 3.89. The molecule has 3 rings (SSSR count). The Balaban J connectivity index is 1.56. The van der Waals surface area contributed by atoms with Crippen LogP contribution >= 0.6 is 0 Å². The van der Waals surface area contributed by atoms with Crippen LogP contribution < -0.4 is 5.32 Å². The molecule has 31 heavy (non-hydrogen) atoms. The summed E-state index contributed by atoms with van der Waals surface area (Å²) in [5.41, 5.74) is 2.05. The zero-order valence-corrected chi connectivity index (χ0v) is 17.7. The summed E-state index contributed by atoms with van der Waals surface area (Å²) in [5, 5.41) is 2.79. The van der Waals surface area contributed by atoms with Crippen molar-refractivity contribution in [3.8, 4) is 0 Å². The highest BCUT2D eigenvalue weighted by molar-refractivity contribution is 5.95. The lowest BCUT2D eigenvalue weighted by Crippen LogP contribution is -2.49. The van der Waals surface area contributed by atoms with Crippen molar-refractivity contribution in [2.75, 3.05) is 25.1 Å². The third-order valence-corrected chi connectivity index (χ3v) is 5.08. The maximum absolute atomic E-state index is 12.6. The average Bonchev–Trinajstić information content (AvgIpc) is 2.77. The lowest BCUT2D eigenvalue weighted by molar-refractivity contribution is -0.159. The van der Waals surface area contributed by atoms with Crippen molar-refractivity contribution in [3.05, 3.63) is 65.7 Å². The summed E-state index contributed by atoms with van der Waals surface area (Å²) < 4.78 is 10.4. The van der Waals surface area contributed by atoms with Crippen LogP contribution in [0.1, 0.15) is 42.1 Å². The van der Waals surface area contributed by atoms with Crippen molar-refractivity contribution in [3.63, 3.8) is 0 Å². The second-order valence-electron chi connectivity index (χ2n) is 7.46. The number of hydrogen-bond donors (Lipinski definition) is 1. The quantitative estimate of drug-likeness (QED) is 0.491. The first-order valence-corrected chi connectivity index (χ1v) is 10.6. The Labute approximate surface area is 182 Å². The standard InChI is InChI=1S/C24H28N2O5/c1-2-3-14-30-23(28)19-9-11-20(12-10-19)25-22(27)16-21-24(29)31-15-13-26(21)17-18-7-5-4-6-8-18/h4-12,21H,2-3,13-17H2,1H3,(H,25,27)/t21-/m0/s1. The van der Waals surface area contributed by atoms with Gasteiger partial charge >= 0.3 is 11.9 Å². The summed E-state index contributed by atoms with van der Waals surface area (Å²) in [7, 11) is 0. The molecule has 1 amide bonds. The molecule has 7 heteroatoms. The van der Waals surface area contributed by atoms with Crippen LogP contribution in [0.2, 0.25) is 0 Å². The molecule has 2 aromatic carbocycles. The van der Waals surface area contributed by atoms with Crippen LogP contribution in [0, 0.1) is 0 Å². The minimum absolute atomic E-state index is 0.00746. The molecule has 0 aromatic heterocycles. The number of nitrogens with zero attached hydrogens (tertiary/aromatic N) is 1. The van der Waals surface area contributed by atoms with Crippen molar-refractivity contribution >= 4 is 23.5 Å². The topological polar surface area (TPSA) is 84.9 Å². The lowest BCUT2D eigenvalue weighted by atomic mass is 10.1. The normalized spacial score (nSPS) is 16.4. The van der Waals surface area contributed by atoms with Gasteiger partial charge in [0.05, 0.1) is 18.6 Å². The molecule has 1 aliphatic rings. The number of carbonyl (C=O) groups is 3. The predicted octanol–water partition coefficient (Wildman–Crippen LogP) is 3.40. The van der Waals surface area contributed by atoms with E-state index in [0.717, 1.165) is 18.4 Å². The van der Waals surface area contributed by atoms with E-state index in [0.29, 0.717) is 37.6 Å². The summed E-state index contributed by atoms with van der Waals surface area (Å²) in [5.74, 6) is -1.06. The smallest absolute Gasteiger partial charge is 0.338 e. The van der Waals surface area contributed by atoms with E-state index in [4.69, 9.17) is 9.47 Å². The Morgan fingerprint density at radius 1 is 1.13 bits per heavy atom. The van der Waals surface area contributed by atoms with Gasteiger partial charge in [0.2, 0.25) is 5.91 Å². The van der Waals surface area contributed by atoms with Gasteiger partial charge in [-0.2, -0.15) is 0 Å². The number of rotatable bonds is 9. The number of amides is 1. The van der Waals surface area contributed by atoms with Gasteiger partial charge in [-0.1, -0.05) is 43.7 Å². The second kappa shape index (κ2) is 11.3. The minimum Gasteiger partial charge on any atom is -0.463 e. The van der Waals surface area contributed by atoms with Gasteiger partial charge in [0.25, 0.3) is 0 Å². The van der Waals surface area contributed by atoms with Crippen LogP contribution in [0.25, 0.3) is 0 Å². The van der Waals surface area contributed by atoms with Gasteiger partial charge in [-0.15, -0.1) is 0 Å². The van der Waals surface area contributed by atoms with E-state index >= 15 is 0 Å². The second-order valence-corrected chi connectivity index (χ2v) is 7.46. The van der Waals surface area contributed by atoms with Crippen molar-refractivity contribution in [2.45, 2.75) is 38.8 Å². The van der Waals surface area contributed by atoms with E-state index < -0.39 is 6.04 Å². The highest BCUT2D eigenvalue weighted by Crippen LogP contribution is 2.18. The van der Waals surface area contributed by atoms with Gasteiger partial charge in [-0.05, 0) is 36.2 Å². The van der Waals surface area contributed by atoms with E-state index in [1.807, 2.05) is 42.2 Å². The van der Waals surface area contributed by atoms with Crippen LogP contribution in [0.3, 0.4) is 0 Å². The Morgan fingerprint density at radius 3 is 2.58 bits per heavy atom. The Bertz CT molecular complexity index is 883. The van der Waals surface area contributed by atoms with Crippen LogP contribution in [-0.2, 0) is 25.6 Å². The fourth-order valence-electron chi connectivity index (χ4n) is 3.35. The van der Waals surface area contributed by atoms with E-state index in [9.17, 15) is 14.4 Å². The molecule has 164 valence electrons. The minimum atomic E-state index is -0.637. The van der Waals surface area contributed by atoms with Gasteiger partial charge < -0.3 is 14.8 Å². The first-order valence-electron chi connectivity index (χ1n) is 10.6. The summed E-state index contributed by atoms with van der Waals surface area (Å²) >= 11 is 0. The molecule has 1 fully saturated rings. The average molecular weight is 424 g/mol. The molecule has 1 N–H and O–H groups in total. The highest BCUT2D eigenvalue weighted by atomic mass is 16.5. The van der Waals surface area contributed by atoms with Crippen molar-refractivity contribution in [1.29, 1.82) is 0 Å². The van der Waals surface area contributed by atoms with Gasteiger partial charge in [0, 0.05) is 18.8 Å². The molecule has 0 spiro atoms. The van der Waals surface area contributed by atoms with Crippen LogP contribution in [0.15, 0.2) is 54.6 Å². The van der Waals surface area contributed by atoms with Crippen molar-refractivity contribution in [2.24, 2.45) is 0 Å². The largest absolute Gasteiger partial charge is 0.463 e. The number of carbonyl (C=O) groups excluding carboxylic acids is 3. The lowest BCUT2D eigenvalue weighted by Gasteiger charge is -2.33. The summed E-state index contributed by atoms with van der Waals surface area (Å²) in [6, 6.07) is 15.7. The molecule has 0 saturated carbocycles. The molecule has 7 nitrogen and oxygen atoms in total. The number of nitrogens with one attached hydrogen (secondary N) is 1. The van der Waals surface area contributed by atoms with Crippen molar-refractivity contribution < 1.29 is 23.9 Å². The Kier molecular flexibility index (Phi) is 8.18. The molecule has 2 aromatic rings. The van der Waals surface area contributed by atoms with E-state index in [1.54, 1.807) is 24.3 Å². The van der Waals surface area contributed by atoms with Crippen LogP contribution in [-0.4, -0.2) is 48.5 Å². The Morgan fingerprint density at radius 2 is 1.87 bits per heavy atom. The number of unbranched alkanes of at least 4 members (excludes halogenated alkanes) is 1. The van der Waals surface area contributed by atoms with Crippen LogP contribution in [0.5, 0.6) is 0 Å². The molecule has 0 radical (unpaired) electrons. The monoisotopic (exact) mass is 424 g/mol. The molecular formula is C24H28N2O5. The molecule has 1 saturated heterocycles. The predicted molar refractivity (Wildman–Crippen MR) is 116 cm³/mol. The third kappa shape index (κ3) is 6.65. The first-order chi connectivity index (χ1) is 15.1. The van der Waals surface area contributed by atoms with Gasteiger partial charge in [0.15, 0.2) is 0 Å². The molecule has 0 bridgehead atoms. The fourth-order valence-corrected chi connectivity index (χ4v) is 3.35. The van der Waals surface area contributed by atoms with E-state index in [1.165, 1.54) is 0 Å². The zero-order valence-electron chi connectivity index (χ0n) is 17.7. The fraction of sp³-hybridized carbons (Fsp3) is 0.375.